The molecule has 0 spiro atoms. The lowest BCUT2D eigenvalue weighted by Crippen LogP contribution is -2.54. The highest BCUT2D eigenvalue weighted by atomic mass is 16.5. The molecule has 0 aliphatic carbocycles. The van der Waals surface area contributed by atoms with Crippen LogP contribution in [-0.2, 0) is 4.79 Å². The van der Waals surface area contributed by atoms with Gasteiger partial charge >= 0.3 is 0 Å². The molecule has 2 aromatic carbocycles. The molecule has 1 fully saturated rings. The minimum absolute atomic E-state index is 0.0417. The van der Waals surface area contributed by atoms with Crippen LogP contribution in [0.2, 0.25) is 0 Å². The van der Waals surface area contributed by atoms with E-state index in [1.165, 1.54) is 0 Å². The molecule has 1 heterocycles. The molecule has 0 saturated carbocycles. The predicted molar refractivity (Wildman–Crippen MR) is 134 cm³/mol. The zero-order valence-electron chi connectivity index (χ0n) is 21.0. The van der Waals surface area contributed by atoms with Crippen LogP contribution in [0.5, 0.6) is 11.5 Å². The quantitative estimate of drug-likeness (QED) is 0.594. The fourth-order valence-electron chi connectivity index (χ4n) is 4.43. The number of likely N-dealkylation sites (N-methyl/N-ethyl adjacent to an activating group) is 1. The number of hydrogen-bond donors (Lipinski definition) is 1. The summed E-state index contributed by atoms with van der Waals surface area (Å²) in [4.78, 5) is 42.9. The molecule has 0 aromatic heterocycles. The molecule has 8 heteroatoms. The van der Waals surface area contributed by atoms with Crippen molar-refractivity contribution in [2.75, 3.05) is 40.4 Å². The fraction of sp³-hybridized carbons (Fsp3) is 0.444. The summed E-state index contributed by atoms with van der Waals surface area (Å²) in [5, 5.41) is 2.99. The molecule has 2 aromatic rings. The van der Waals surface area contributed by atoms with Crippen LogP contribution in [0.25, 0.3) is 0 Å². The molecule has 0 bridgehead atoms. The molecule has 8 nitrogen and oxygen atoms in total. The highest BCUT2D eigenvalue weighted by Crippen LogP contribution is 2.25. The van der Waals surface area contributed by atoms with E-state index in [9.17, 15) is 14.4 Å². The molecule has 35 heavy (non-hydrogen) atoms. The van der Waals surface area contributed by atoms with Gasteiger partial charge in [-0.25, -0.2) is 0 Å². The SMILES string of the molecule is CCN(CC)C(=O)C(NC(=O)c1ccc(OC)cc1)C1CCN(C(=O)c2ccc(OC)cc2)CC1. The number of methoxy groups -OCH3 is 2. The van der Waals surface area contributed by atoms with E-state index in [0.29, 0.717) is 61.6 Å². The Balaban J connectivity index is 1.71. The van der Waals surface area contributed by atoms with Crippen molar-refractivity contribution < 1.29 is 23.9 Å². The number of hydrogen-bond acceptors (Lipinski definition) is 5. The van der Waals surface area contributed by atoms with Crippen LogP contribution in [0.15, 0.2) is 48.5 Å². The van der Waals surface area contributed by atoms with Gasteiger partial charge in [0.25, 0.3) is 11.8 Å². The first-order valence-electron chi connectivity index (χ1n) is 12.1. The maximum atomic E-state index is 13.4. The van der Waals surface area contributed by atoms with E-state index >= 15 is 0 Å². The number of nitrogens with one attached hydrogen (secondary N) is 1. The van der Waals surface area contributed by atoms with Crippen LogP contribution in [0, 0.1) is 5.92 Å². The normalized spacial score (nSPS) is 14.7. The van der Waals surface area contributed by atoms with Gasteiger partial charge in [-0.2, -0.15) is 0 Å². The fourth-order valence-corrected chi connectivity index (χ4v) is 4.43. The van der Waals surface area contributed by atoms with Gasteiger partial charge in [-0.3, -0.25) is 14.4 Å². The Labute approximate surface area is 207 Å². The zero-order valence-corrected chi connectivity index (χ0v) is 21.0. The lowest BCUT2D eigenvalue weighted by atomic mass is 9.87. The van der Waals surface area contributed by atoms with Crippen LogP contribution in [-0.4, -0.2) is 74.0 Å². The summed E-state index contributed by atoms with van der Waals surface area (Å²) in [6, 6.07) is 13.2. The number of ether oxygens (including phenoxy) is 2. The molecule has 188 valence electrons. The first kappa shape index (κ1) is 26.1. The molecule has 1 unspecified atom stereocenters. The predicted octanol–water partition coefficient (Wildman–Crippen LogP) is 3.22. The van der Waals surface area contributed by atoms with Crippen molar-refractivity contribution >= 4 is 17.7 Å². The molecule has 1 atom stereocenters. The molecule has 1 aliphatic rings. The van der Waals surface area contributed by atoms with Gasteiger partial charge in [0.2, 0.25) is 5.91 Å². The van der Waals surface area contributed by atoms with E-state index in [0.717, 1.165) is 0 Å². The zero-order chi connectivity index (χ0) is 25.4. The average molecular weight is 482 g/mol. The van der Waals surface area contributed by atoms with Crippen LogP contribution < -0.4 is 14.8 Å². The molecular formula is C27H35N3O5. The van der Waals surface area contributed by atoms with Gasteiger partial charge in [0.1, 0.15) is 17.5 Å². The van der Waals surface area contributed by atoms with Gasteiger partial charge < -0.3 is 24.6 Å². The second-order valence-corrected chi connectivity index (χ2v) is 8.55. The van der Waals surface area contributed by atoms with Crippen LogP contribution >= 0.6 is 0 Å². The van der Waals surface area contributed by atoms with Crippen molar-refractivity contribution in [3.05, 3.63) is 59.7 Å². The number of carbonyl (C=O) groups is 3. The monoisotopic (exact) mass is 481 g/mol. The van der Waals surface area contributed by atoms with E-state index < -0.39 is 6.04 Å². The van der Waals surface area contributed by atoms with E-state index in [1.807, 2.05) is 18.7 Å². The van der Waals surface area contributed by atoms with Crippen molar-refractivity contribution in [1.29, 1.82) is 0 Å². The van der Waals surface area contributed by atoms with Crippen molar-refractivity contribution in [2.24, 2.45) is 5.92 Å². The number of rotatable bonds is 9. The number of piperidine rings is 1. The number of benzene rings is 2. The van der Waals surface area contributed by atoms with E-state index in [-0.39, 0.29) is 23.6 Å². The maximum Gasteiger partial charge on any atom is 0.253 e. The second kappa shape index (κ2) is 12.2. The van der Waals surface area contributed by atoms with Crippen molar-refractivity contribution in [1.82, 2.24) is 15.1 Å². The average Bonchev–Trinajstić information content (AvgIpc) is 2.92. The first-order chi connectivity index (χ1) is 16.9. The topological polar surface area (TPSA) is 88.2 Å². The van der Waals surface area contributed by atoms with Gasteiger partial charge in [-0.05, 0) is 81.1 Å². The number of likely N-dealkylation sites (tertiary alicyclic amines) is 1. The van der Waals surface area contributed by atoms with E-state index in [2.05, 4.69) is 5.32 Å². The standard InChI is InChI=1S/C27H35N3O5/c1-5-29(6-2)27(33)24(28-25(31)20-7-11-22(34-3)12-8-20)19-15-17-30(18-16-19)26(32)21-9-13-23(35-4)14-10-21/h7-14,19,24H,5-6,15-18H2,1-4H3,(H,28,31). The number of nitrogens with zero attached hydrogens (tertiary/aromatic N) is 2. The minimum atomic E-state index is -0.650. The summed E-state index contributed by atoms with van der Waals surface area (Å²) in [7, 11) is 3.16. The van der Waals surface area contributed by atoms with Crippen LogP contribution in [0.1, 0.15) is 47.4 Å². The Morgan fingerprint density at radius 2 is 1.37 bits per heavy atom. The Bertz CT molecular complexity index is 994. The van der Waals surface area contributed by atoms with Crippen molar-refractivity contribution in [2.45, 2.75) is 32.7 Å². The summed E-state index contributed by atoms with van der Waals surface area (Å²) in [5.41, 5.74) is 1.07. The third kappa shape index (κ3) is 6.32. The lowest BCUT2D eigenvalue weighted by Gasteiger charge is -2.37. The summed E-state index contributed by atoms with van der Waals surface area (Å²) in [5.74, 6) is 0.869. The molecule has 0 radical (unpaired) electrons. The Hall–Kier alpha value is -3.55. The summed E-state index contributed by atoms with van der Waals surface area (Å²) in [6.45, 7) is 6.05. The first-order valence-corrected chi connectivity index (χ1v) is 12.1. The highest BCUT2D eigenvalue weighted by Gasteiger charge is 2.35. The summed E-state index contributed by atoms with van der Waals surface area (Å²) in [6.07, 6.45) is 1.25. The Kier molecular flexibility index (Phi) is 9.11. The summed E-state index contributed by atoms with van der Waals surface area (Å²) < 4.78 is 10.3. The van der Waals surface area contributed by atoms with Crippen molar-refractivity contribution in [3.8, 4) is 11.5 Å². The number of amides is 3. The van der Waals surface area contributed by atoms with Gasteiger partial charge in [0.15, 0.2) is 0 Å². The largest absolute Gasteiger partial charge is 0.497 e. The smallest absolute Gasteiger partial charge is 0.253 e. The Morgan fingerprint density at radius 3 is 1.83 bits per heavy atom. The minimum Gasteiger partial charge on any atom is -0.497 e. The van der Waals surface area contributed by atoms with Crippen molar-refractivity contribution in [3.63, 3.8) is 0 Å². The van der Waals surface area contributed by atoms with Gasteiger partial charge in [-0.1, -0.05) is 0 Å². The highest BCUT2D eigenvalue weighted by molar-refractivity contribution is 5.98. The van der Waals surface area contributed by atoms with Gasteiger partial charge in [0, 0.05) is 37.3 Å². The van der Waals surface area contributed by atoms with Gasteiger partial charge in [-0.15, -0.1) is 0 Å². The maximum absolute atomic E-state index is 13.4. The lowest BCUT2D eigenvalue weighted by molar-refractivity contribution is -0.134. The molecular weight excluding hydrogens is 446 g/mol. The molecule has 3 rings (SSSR count). The second-order valence-electron chi connectivity index (χ2n) is 8.55. The van der Waals surface area contributed by atoms with Gasteiger partial charge in [0.05, 0.1) is 14.2 Å². The summed E-state index contributed by atoms with van der Waals surface area (Å²) >= 11 is 0. The molecule has 3 amide bonds. The Morgan fingerprint density at radius 1 is 0.886 bits per heavy atom. The van der Waals surface area contributed by atoms with Crippen LogP contribution in [0.3, 0.4) is 0 Å². The molecule has 1 aliphatic heterocycles. The third-order valence-electron chi connectivity index (χ3n) is 6.62. The van der Waals surface area contributed by atoms with E-state index in [4.69, 9.17) is 9.47 Å². The third-order valence-corrected chi connectivity index (χ3v) is 6.62. The number of carbonyl (C=O) groups excluding carboxylic acids is 3. The molecule has 1 N–H and O–H groups in total. The van der Waals surface area contributed by atoms with Crippen LogP contribution in [0.4, 0.5) is 0 Å². The molecule has 1 saturated heterocycles. The van der Waals surface area contributed by atoms with E-state index in [1.54, 1.807) is 67.7 Å².